The Kier molecular flexibility index (Phi) is 4.64. The molecule has 126 valence electrons. The van der Waals surface area contributed by atoms with Crippen molar-refractivity contribution in [2.24, 2.45) is 5.92 Å². The summed E-state index contributed by atoms with van der Waals surface area (Å²) >= 11 is 0. The van der Waals surface area contributed by atoms with E-state index < -0.39 is 0 Å². The first-order valence-electron chi connectivity index (χ1n) is 8.63. The van der Waals surface area contributed by atoms with Crippen molar-refractivity contribution in [2.75, 3.05) is 23.6 Å². The van der Waals surface area contributed by atoms with Crippen LogP contribution in [0.4, 0.5) is 11.4 Å². The maximum absolute atomic E-state index is 12.9. The van der Waals surface area contributed by atoms with Crippen LogP contribution in [0, 0.1) is 5.92 Å². The summed E-state index contributed by atoms with van der Waals surface area (Å²) < 4.78 is 10.9. The van der Waals surface area contributed by atoms with Crippen molar-refractivity contribution in [1.82, 2.24) is 0 Å². The summed E-state index contributed by atoms with van der Waals surface area (Å²) in [6.45, 7) is 7.35. The number of benzene rings is 1. The Morgan fingerprint density at radius 2 is 1.96 bits per heavy atom. The van der Waals surface area contributed by atoms with Gasteiger partial charge in [0.25, 0.3) is 0 Å². The molecule has 0 spiro atoms. The molecule has 1 N–H and O–H groups in total. The quantitative estimate of drug-likeness (QED) is 0.811. The highest BCUT2D eigenvalue weighted by Gasteiger charge is 2.35. The van der Waals surface area contributed by atoms with Gasteiger partial charge in [0.15, 0.2) is 11.5 Å². The predicted molar refractivity (Wildman–Crippen MR) is 91.3 cm³/mol. The molecular formula is C18H26N2O3. The highest BCUT2D eigenvalue weighted by atomic mass is 16.7. The van der Waals surface area contributed by atoms with Crippen LogP contribution in [0.25, 0.3) is 0 Å². The Balaban J connectivity index is 1.88. The molecule has 2 heterocycles. The lowest BCUT2D eigenvalue weighted by molar-refractivity contribution is -0.120. The molecule has 23 heavy (non-hydrogen) atoms. The van der Waals surface area contributed by atoms with Gasteiger partial charge in [-0.25, -0.2) is 0 Å². The molecule has 1 aromatic rings. The maximum atomic E-state index is 12.9. The van der Waals surface area contributed by atoms with E-state index in [0.29, 0.717) is 0 Å². The Morgan fingerprint density at radius 1 is 1.22 bits per heavy atom. The zero-order chi connectivity index (χ0) is 16.4. The topological polar surface area (TPSA) is 50.8 Å². The summed E-state index contributed by atoms with van der Waals surface area (Å²) in [5.41, 5.74) is 1.87. The second-order valence-electron chi connectivity index (χ2n) is 6.64. The Morgan fingerprint density at radius 3 is 2.65 bits per heavy atom. The van der Waals surface area contributed by atoms with Crippen molar-refractivity contribution in [3.05, 3.63) is 12.1 Å². The van der Waals surface area contributed by atoms with Crippen molar-refractivity contribution in [3.63, 3.8) is 0 Å². The molecule has 1 unspecified atom stereocenters. The monoisotopic (exact) mass is 318 g/mol. The SMILES string of the molecule is CCCCCCN1C(=O)C(C(C)C)Nc2cc3c(cc21)OCO3. The molecule has 1 atom stereocenters. The molecule has 0 radical (unpaired) electrons. The van der Waals surface area contributed by atoms with Gasteiger partial charge in [-0.05, 0) is 12.3 Å². The van der Waals surface area contributed by atoms with Gasteiger partial charge >= 0.3 is 0 Å². The Labute approximate surface area is 137 Å². The Bertz CT molecular complexity index is 586. The molecule has 2 aliphatic heterocycles. The van der Waals surface area contributed by atoms with Gasteiger partial charge in [-0.1, -0.05) is 40.0 Å². The molecule has 5 heteroatoms. The molecule has 0 bridgehead atoms. The van der Waals surface area contributed by atoms with E-state index in [4.69, 9.17) is 9.47 Å². The standard InChI is InChI=1S/C18H26N2O3/c1-4-5-6-7-8-20-14-10-16-15(22-11-23-16)9-13(14)19-17(12(2)3)18(20)21/h9-10,12,17,19H,4-8,11H2,1-3H3. The molecule has 2 aliphatic rings. The fraction of sp³-hybridized carbons (Fsp3) is 0.611. The third-order valence-electron chi connectivity index (χ3n) is 4.53. The van der Waals surface area contributed by atoms with Crippen LogP contribution in [0.5, 0.6) is 11.5 Å². The van der Waals surface area contributed by atoms with Gasteiger partial charge in [0.05, 0.1) is 11.4 Å². The van der Waals surface area contributed by atoms with Crippen LogP contribution in [-0.2, 0) is 4.79 Å². The van der Waals surface area contributed by atoms with Gasteiger partial charge in [-0.15, -0.1) is 0 Å². The molecule has 0 saturated carbocycles. The summed E-state index contributed by atoms with van der Waals surface area (Å²) in [6, 6.07) is 3.70. The third-order valence-corrected chi connectivity index (χ3v) is 4.53. The molecule has 0 saturated heterocycles. The molecule has 1 aromatic carbocycles. The smallest absolute Gasteiger partial charge is 0.249 e. The number of rotatable bonds is 6. The number of carbonyl (C=O) groups is 1. The number of hydrogen-bond donors (Lipinski definition) is 1. The molecule has 3 rings (SSSR count). The number of nitrogens with one attached hydrogen (secondary N) is 1. The van der Waals surface area contributed by atoms with Crippen LogP contribution >= 0.6 is 0 Å². The number of nitrogens with zero attached hydrogens (tertiary/aromatic N) is 1. The maximum Gasteiger partial charge on any atom is 0.249 e. The first kappa shape index (κ1) is 16.0. The van der Waals surface area contributed by atoms with E-state index in [2.05, 4.69) is 26.1 Å². The fourth-order valence-electron chi connectivity index (χ4n) is 3.17. The van der Waals surface area contributed by atoms with Crippen molar-refractivity contribution in [1.29, 1.82) is 0 Å². The zero-order valence-electron chi connectivity index (χ0n) is 14.2. The number of carbonyl (C=O) groups excluding carboxylic acids is 1. The number of unbranched alkanes of at least 4 members (excludes halogenated alkanes) is 3. The van der Waals surface area contributed by atoms with Crippen LogP contribution in [-0.4, -0.2) is 25.3 Å². The summed E-state index contributed by atoms with van der Waals surface area (Å²) in [5, 5.41) is 3.38. The van der Waals surface area contributed by atoms with Crippen LogP contribution in [0.15, 0.2) is 12.1 Å². The summed E-state index contributed by atoms with van der Waals surface area (Å²) in [5.74, 6) is 1.86. The van der Waals surface area contributed by atoms with Crippen molar-refractivity contribution in [2.45, 2.75) is 52.5 Å². The van der Waals surface area contributed by atoms with E-state index in [1.54, 1.807) is 0 Å². The first-order chi connectivity index (χ1) is 11.1. The molecule has 5 nitrogen and oxygen atoms in total. The summed E-state index contributed by atoms with van der Waals surface area (Å²) in [4.78, 5) is 14.8. The normalized spacial score (nSPS) is 19.0. The van der Waals surface area contributed by atoms with Gasteiger partial charge < -0.3 is 19.7 Å². The zero-order valence-corrected chi connectivity index (χ0v) is 14.2. The lowest BCUT2D eigenvalue weighted by Crippen LogP contribution is -2.49. The third kappa shape index (κ3) is 3.09. The highest BCUT2D eigenvalue weighted by Crippen LogP contribution is 2.43. The van der Waals surface area contributed by atoms with Gasteiger partial charge in [0.1, 0.15) is 6.04 Å². The van der Waals surface area contributed by atoms with Gasteiger partial charge in [0, 0.05) is 18.7 Å². The lowest BCUT2D eigenvalue weighted by atomic mass is 9.98. The largest absolute Gasteiger partial charge is 0.454 e. The Hall–Kier alpha value is -1.91. The number of ether oxygens (including phenoxy) is 2. The number of fused-ring (bicyclic) bond motifs is 2. The number of hydrogen-bond acceptors (Lipinski definition) is 4. The minimum atomic E-state index is -0.186. The number of anilines is 2. The van der Waals surface area contributed by atoms with E-state index in [-0.39, 0.29) is 24.7 Å². The predicted octanol–water partition coefficient (Wildman–Crippen LogP) is 3.78. The van der Waals surface area contributed by atoms with Gasteiger partial charge in [-0.3, -0.25) is 4.79 Å². The van der Waals surface area contributed by atoms with Crippen LogP contribution in [0.3, 0.4) is 0 Å². The molecule has 1 amide bonds. The van der Waals surface area contributed by atoms with E-state index in [1.165, 1.54) is 12.8 Å². The van der Waals surface area contributed by atoms with E-state index in [9.17, 15) is 4.79 Å². The lowest BCUT2D eigenvalue weighted by Gasteiger charge is -2.37. The molecule has 0 aromatic heterocycles. The molecule has 0 aliphatic carbocycles. The van der Waals surface area contributed by atoms with E-state index in [1.807, 2.05) is 17.0 Å². The van der Waals surface area contributed by atoms with E-state index in [0.717, 1.165) is 42.3 Å². The number of amides is 1. The van der Waals surface area contributed by atoms with Crippen LogP contribution in [0.2, 0.25) is 0 Å². The summed E-state index contributed by atoms with van der Waals surface area (Å²) in [6.07, 6.45) is 4.58. The molecular weight excluding hydrogens is 292 g/mol. The van der Waals surface area contributed by atoms with Crippen molar-refractivity contribution in [3.8, 4) is 11.5 Å². The second kappa shape index (κ2) is 6.69. The van der Waals surface area contributed by atoms with Crippen LogP contribution < -0.4 is 19.7 Å². The highest BCUT2D eigenvalue weighted by molar-refractivity contribution is 6.05. The van der Waals surface area contributed by atoms with Crippen molar-refractivity contribution < 1.29 is 14.3 Å². The first-order valence-corrected chi connectivity index (χ1v) is 8.63. The summed E-state index contributed by atoms with van der Waals surface area (Å²) in [7, 11) is 0. The van der Waals surface area contributed by atoms with Crippen molar-refractivity contribution >= 4 is 17.3 Å². The average Bonchev–Trinajstić information content (AvgIpc) is 2.98. The fourth-order valence-corrected chi connectivity index (χ4v) is 3.17. The minimum absolute atomic E-state index is 0.155. The van der Waals surface area contributed by atoms with Crippen LogP contribution in [0.1, 0.15) is 46.5 Å². The van der Waals surface area contributed by atoms with E-state index >= 15 is 0 Å². The minimum Gasteiger partial charge on any atom is -0.454 e. The molecule has 0 fully saturated rings. The average molecular weight is 318 g/mol. The van der Waals surface area contributed by atoms with Gasteiger partial charge in [0.2, 0.25) is 12.7 Å². The second-order valence-corrected chi connectivity index (χ2v) is 6.64. The van der Waals surface area contributed by atoms with Gasteiger partial charge in [-0.2, -0.15) is 0 Å².